The number of nitrogens with two attached hydrogens (primary N) is 1. The molecule has 17 heavy (non-hydrogen) atoms. The van der Waals surface area contributed by atoms with Gasteiger partial charge in [0.25, 0.3) is 0 Å². The summed E-state index contributed by atoms with van der Waals surface area (Å²) in [7, 11) is 0. The third-order valence-corrected chi connectivity index (χ3v) is 2.65. The molecule has 0 unspecified atom stereocenters. The van der Waals surface area contributed by atoms with Crippen molar-refractivity contribution in [1.82, 2.24) is 0 Å². The van der Waals surface area contributed by atoms with E-state index < -0.39 is 6.04 Å². The average Bonchev–Trinajstić information content (AvgIpc) is 2.21. The van der Waals surface area contributed by atoms with Gasteiger partial charge in [0.1, 0.15) is 5.82 Å². The summed E-state index contributed by atoms with van der Waals surface area (Å²) in [5.74, 6) is -0.645. The molecule has 1 rings (SSSR count). The van der Waals surface area contributed by atoms with Crippen LogP contribution in [0.25, 0.3) is 0 Å². The molecule has 4 heteroatoms. The fourth-order valence-electron chi connectivity index (χ4n) is 1.28. The van der Waals surface area contributed by atoms with Crippen molar-refractivity contribution in [3.8, 4) is 0 Å². The second-order valence-electron chi connectivity index (χ2n) is 5.30. The third kappa shape index (κ3) is 3.53. The summed E-state index contributed by atoms with van der Waals surface area (Å²) < 4.78 is 13.3. The van der Waals surface area contributed by atoms with Gasteiger partial charge < -0.3 is 11.1 Å². The Morgan fingerprint density at radius 2 is 2.00 bits per heavy atom. The van der Waals surface area contributed by atoms with Crippen molar-refractivity contribution in [2.45, 2.75) is 33.7 Å². The molecule has 1 aromatic rings. The van der Waals surface area contributed by atoms with Crippen LogP contribution >= 0.6 is 0 Å². The number of nitrogens with one attached hydrogen (secondary N) is 1. The molecule has 0 saturated heterocycles. The van der Waals surface area contributed by atoms with Crippen molar-refractivity contribution in [2.24, 2.45) is 11.1 Å². The second-order valence-corrected chi connectivity index (χ2v) is 5.30. The van der Waals surface area contributed by atoms with E-state index in [0.29, 0.717) is 11.3 Å². The van der Waals surface area contributed by atoms with Gasteiger partial charge in [0.05, 0.1) is 6.04 Å². The highest BCUT2D eigenvalue weighted by molar-refractivity contribution is 5.95. The van der Waals surface area contributed by atoms with E-state index in [1.54, 1.807) is 19.1 Å². The van der Waals surface area contributed by atoms with Crippen LogP contribution in [0.3, 0.4) is 0 Å². The number of halogens is 1. The molecule has 0 saturated carbocycles. The molecule has 0 radical (unpaired) electrons. The molecule has 0 aliphatic carbocycles. The van der Waals surface area contributed by atoms with Crippen LogP contribution in [0.15, 0.2) is 18.2 Å². The Hall–Kier alpha value is -1.42. The lowest BCUT2D eigenvalue weighted by molar-refractivity contribution is -0.119. The van der Waals surface area contributed by atoms with E-state index >= 15 is 0 Å². The molecule has 0 heterocycles. The predicted molar refractivity (Wildman–Crippen MR) is 67.2 cm³/mol. The summed E-state index contributed by atoms with van der Waals surface area (Å²) in [6, 6.07) is 3.94. The van der Waals surface area contributed by atoms with Crippen LogP contribution < -0.4 is 11.1 Å². The standard InChI is InChI=1S/C13H19FN2O/c1-8-5-6-9(7-10(8)14)16-12(17)11(15)13(2,3)4/h5-7,11H,15H2,1-4H3,(H,16,17)/t11-/m1/s1. The van der Waals surface area contributed by atoms with Gasteiger partial charge in [-0.25, -0.2) is 4.39 Å². The third-order valence-electron chi connectivity index (χ3n) is 2.65. The number of amides is 1. The molecule has 1 amide bonds. The maximum atomic E-state index is 13.3. The molecule has 0 fully saturated rings. The largest absolute Gasteiger partial charge is 0.325 e. The van der Waals surface area contributed by atoms with Crippen LogP contribution in [0.4, 0.5) is 10.1 Å². The van der Waals surface area contributed by atoms with Gasteiger partial charge in [0, 0.05) is 5.69 Å². The molecule has 0 aliphatic rings. The average molecular weight is 238 g/mol. The summed E-state index contributed by atoms with van der Waals surface area (Å²) in [4.78, 5) is 11.8. The molecule has 0 aromatic heterocycles. The number of hydrogen-bond acceptors (Lipinski definition) is 2. The molecule has 0 aliphatic heterocycles. The van der Waals surface area contributed by atoms with Gasteiger partial charge in [0.2, 0.25) is 5.91 Å². The van der Waals surface area contributed by atoms with Crippen LogP contribution in [0.5, 0.6) is 0 Å². The van der Waals surface area contributed by atoms with Crippen LogP contribution in [-0.2, 0) is 4.79 Å². The molecule has 3 nitrogen and oxygen atoms in total. The van der Waals surface area contributed by atoms with Crippen LogP contribution in [0.2, 0.25) is 0 Å². The maximum Gasteiger partial charge on any atom is 0.241 e. The Balaban J connectivity index is 2.78. The first-order chi connectivity index (χ1) is 7.71. The van der Waals surface area contributed by atoms with Crippen molar-refractivity contribution in [1.29, 1.82) is 0 Å². The van der Waals surface area contributed by atoms with E-state index in [1.807, 2.05) is 20.8 Å². The van der Waals surface area contributed by atoms with E-state index in [4.69, 9.17) is 5.73 Å². The van der Waals surface area contributed by atoms with Crippen molar-refractivity contribution in [2.75, 3.05) is 5.32 Å². The summed E-state index contributed by atoms with van der Waals surface area (Å²) in [6.45, 7) is 7.31. The van der Waals surface area contributed by atoms with Crippen LogP contribution in [0.1, 0.15) is 26.3 Å². The van der Waals surface area contributed by atoms with Crippen molar-refractivity contribution >= 4 is 11.6 Å². The molecule has 1 atom stereocenters. The highest BCUT2D eigenvalue weighted by Crippen LogP contribution is 2.19. The number of carbonyl (C=O) groups excluding carboxylic acids is 1. The molecular formula is C13H19FN2O. The second kappa shape index (κ2) is 4.84. The van der Waals surface area contributed by atoms with E-state index in [9.17, 15) is 9.18 Å². The molecule has 3 N–H and O–H groups in total. The Bertz CT molecular complexity index is 424. The lowest BCUT2D eigenvalue weighted by Crippen LogP contribution is -2.45. The minimum atomic E-state index is -0.633. The molecule has 0 spiro atoms. The first kappa shape index (κ1) is 13.6. The smallest absolute Gasteiger partial charge is 0.241 e. The van der Waals surface area contributed by atoms with Crippen molar-refractivity contribution in [3.63, 3.8) is 0 Å². The van der Waals surface area contributed by atoms with Gasteiger partial charge >= 0.3 is 0 Å². The van der Waals surface area contributed by atoms with E-state index in [0.717, 1.165) is 0 Å². The minimum Gasteiger partial charge on any atom is -0.325 e. The summed E-state index contributed by atoms with van der Waals surface area (Å²) in [6.07, 6.45) is 0. The number of rotatable bonds is 2. The Morgan fingerprint density at radius 1 is 1.41 bits per heavy atom. The van der Waals surface area contributed by atoms with E-state index in [1.165, 1.54) is 6.07 Å². The Morgan fingerprint density at radius 3 is 2.47 bits per heavy atom. The van der Waals surface area contributed by atoms with Crippen LogP contribution in [0, 0.1) is 18.2 Å². The fraction of sp³-hybridized carbons (Fsp3) is 0.462. The lowest BCUT2D eigenvalue weighted by atomic mass is 9.87. The predicted octanol–water partition coefficient (Wildman–Crippen LogP) is 2.45. The zero-order valence-corrected chi connectivity index (χ0v) is 10.7. The summed E-state index contributed by atoms with van der Waals surface area (Å²) in [5, 5.41) is 2.61. The number of carbonyl (C=O) groups is 1. The number of aryl methyl sites for hydroxylation is 1. The van der Waals surface area contributed by atoms with Gasteiger partial charge in [-0.2, -0.15) is 0 Å². The van der Waals surface area contributed by atoms with Crippen LogP contribution in [-0.4, -0.2) is 11.9 Å². The van der Waals surface area contributed by atoms with E-state index in [2.05, 4.69) is 5.32 Å². The number of anilines is 1. The van der Waals surface area contributed by atoms with Gasteiger partial charge in [-0.1, -0.05) is 26.8 Å². The number of hydrogen-bond donors (Lipinski definition) is 2. The first-order valence-electron chi connectivity index (χ1n) is 5.54. The van der Waals surface area contributed by atoms with Gasteiger partial charge in [-0.3, -0.25) is 4.79 Å². The number of benzene rings is 1. The SMILES string of the molecule is Cc1ccc(NC(=O)[C@@H](N)C(C)(C)C)cc1F. The van der Waals surface area contributed by atoms with Gasteiger partial charge in [-0.05, 0) is 30.0 Å². The minimum absolute atomic E-state index is 0.305. The van der Waals surface area contributed by atoms with Gasteiger partial charge in [0.15, 0.2) is 0 Å². The monoisotopic (exact) mass is 238 g/mol. The Kier molecular flexibility index (Phi) is 3.88. The first-order valence-corrected chi connectivity index (χ1v) is 5.54. The fourth-order valence-corrected chi connectivity index (χ4v) is 1.28. The topological polar surface area (TPSA) is 55.1 Å². The maximum absolute atomic E-state index is 13.3. The zero-order chi connectivity index (χ0) is 13.2. The zero-order valence-electron chi connectivity index (χ0n) is 10.7. The molecular weight excluding hydrogens is 219 g/mol. The highest BCUT2D eigenvalue weighted by Gasteiger charge is 2.27. The van der Waals surface area contributed by atoms with E-state index in [-0.39, 0.29) is 17.1 Å². The normalized spacial score (nSPS) is 13.3. The Labute approximate surface area is 101 Å². The van der Waals surface area contributed by atoms with Gasteiger partial charge in [-0.15, -0.1) is 0 Å². The summed E-state index contributed by atoms with van der Waals surface area (Å²) in [5.41, 5.74) is 6.45. The molecule has 0 bridgehead atoms. The molecule has 1 aromatic carbocycles. The van der Waals surface area contributed by atoms with Crippen molar-refractivity contribution < 1.29 is 9.18 Å². The van der Waals surface area contributed by atoms with Crippen molar-refractivity contribution in [3.05, 3.63) is 29.6 Å². The lowest BCUT2D eigenvalue weighted by Gasteiger charge is -2.25. The summed E-state index contributed by atoms with van der Waals surface area (Å²) >= 11 is 0. The highest BCUT2D eigenvalue weighted by atomic mass is 19.1. The molecule has 94 valence electrons. The quantitative estimate of drug-likeness (QED) is 0.831.